The lowest BCUT2D eigenvalue weighted by Gasteiger charge is -2.22. The van der Waals surface area contributed by atoms with E-state index in [0.717, 1.165) is 5.56 Å². The maximum Gasteiger partial charge on any atom is 0.0914 e. The molecular weight excluding hydrogens is 294 g/mol. The van der Waals surface area contributed by atoms with Gasteiger partial charge in [-0.25, -0.2) is 0 Å². The fourth-order valence-corrected chi connectivity index (χ4v) is 2.86. The molecule has 0 amide bonds. The lowest BCUT2D eigenvalue weighted by molar-refractivity contribution is 0.172. The topological polar surface area (TPSA) is 32.3 Å². The van der Waals surface area contributed by atoms with Crippen LogP contribution < -0.4 is 5.32 Å². The van der Waals surface area contributed by atoms with Crippen LogP contribution >= 0.6 is 0 Å². The van der Waals surface area contributed by atoms with E-state index in [0.29, 0.717) is 6.54 Å². The van der Waals surface area contributed by atoms with Gasteiger partial charge in [-0.15, -0.1) is 0 Å². The van der Waals surface area contributed by atoms with Gasteiger partial charge in [0.2, 0.25) is 0 Å². The first-order chi connectivity index (χ1) is 11.7. The van der Waals surface area contributed by atoms with Gasteiger partial charge in [-0.3, -0.25) is 0 Å². The second-order valence-corrected chi connectivity index (χ2v) is 6.09. The Morgan fingerprint density at radius 1 is 0.708 bits per heavy atom. The van der Waals surface area contributed by atoms with E-state index in [1.54, 1.807) is 0 Å². The molecule has 24 heavy (non-hydrogen) atoms. The highest BCUT2D eigenvalue weighted by atomic mass is 16.3. The maximum atomic E-state index is 10.4. The molecule has 3 aromatic rings. The Kier molecular flexibility index (Phi) is 5.42. The number of aliphatic hydroxyl groups excluding tert-OH is 1. The van der Waals surface area contributed by atoms with Gasteiger partial charge >= 0.3 is 0 Å². The van der Waals surface area contributed by atoms with E-state index in [1.807, 2.05) is 48.5 Å². The number of hydrogen-bond donors (Lipinski definition) is 2. The number of nitrogens with one attached hydrogen (secondary N) is 1. The van der Waals surface area contributed by atoms with Gasteiger partial charge in [-0.2, -0.15) is 0 Å². The number of rotatable bonds is 6. The molecule has 3 rings (SSSR count). The first kappa shape index (κ1) is 16.4. The lowest BCUT2D eigenvalue weighted by Crippen LogP contribution is -2.27. The molecule has 0 fully saturated rings. The molecule has 0 aliphatic rings. The fourth-order valence-electron chi connectivity index (χ4n) is 2.86. The summed E-state index contributed by atoms with van der Waals surface area (Å²) in [5.41, 5.74) is 4.57. The quantitative estimate of drug-likeness (QED) is 0.706. The molecule has 2 unspecified atom stereocenters. The molecule has 0 saturated carbocycles. The van der Waals surface area contributed by atoms with Gasteiger partial charge in [0.15, 0.2) is 0 Å². The molecule has 0 spiro atoms. The summed E-state index contributed by atoms with van der Waals surface area (Å²) in [6.45, 7) is 2.59. The lowest BCUT2D eigenvalue weighted by atomic mass is 9.97. The van der Waals surface area contributed by atoms with Crippen molar-refractivity contribution in [1.82, 2.24) is 5.32 Å². The monoisotopic (exact) mass is 317 g/mol. The van der Waals surface area contributed by atoms with Crippen LogP contribution in [0.15, 0.2) is 84.9 Å². The molecule has 0 aliphatic carbocycles. The molecular formula is C22H23NO. The Hall–Kier alpha value is -2.42. The number of aliphatic hydroxyl groups is 1. The van der Waals surface area contributed by atoms with Crippen molar-refractivity contribution in [3.63, 3.8) is 0 Å². The molecule has 0 aliphatic heterocycles. The molecule has 0 radical (unpaired) electrons. The number of benzene rings is 3. The van der Waals surface area contributed by atoms with Crippen LogP contribution in [-0.4, -0.2) is 11.7 Å². The SMILES string of the molecule is Cc1ccc(C(NCC(O)c2ccccc2)c2ccccc2)cc1. The predicted octanol–water partition coefficient (Wildman–Crippen LogP) is 4.41. The Labute approximate surface area is 143 Å². The highest BCUT2D eigenvalue weighted by Gasteiger charge is 2.15. The Bertz CT molecular complexity index is 738. The first-order valence-corrected chi connectivity index (χ1v) is 8.32. The number of hydrogen-bond acceptors (Lipinski definition) is 2. The van der Waals surface area contributed by atoms with Crippen LogP contribution in [0, 0.1) is 6.92 Å². The van der Waals surface area contributed by atoms with Gasteiger partial charge in [-0.1, -0.05) is 90.5 Å². The molecule has 2 nitrogen and oxygen atoms in total. The third-order valence-corrected chi connectivity index (χ3v) is 4.24. The average molecular weight is 317 g/mol. The summed E-state index contributed by atoms with van der Waals surface area (Å²) in [4.78, 5) is 0. The highest BCUT2D eigenvalue weighted by Crippen LogP contribution is 2.23. The second-order valence-electron chi connectivity index (χ2n) is 6.09. The summed E-state index contributed by atoms with van der Waals surface area (Å²) in [5.74, 6) is 0. The van der Waals surface area contributed by atoms with Crippen molar-refractivity contribution in [3.05, 3.63) is 107 Å². The molecule has 0 saturated heterocycles. The fraction of sp³-hybridized carbons (Fsp3) is 0.182. The van der Waals surface area contributed by atoms with Crippen LogP contribution in [0.4, 0.5) is 0 Å². The summed E-state index contributed by atoms with van der Waals surface area (Å²) in [7, 11) is 0. The molecule has 2 N–H and O–H groups in total. The first-order valence-electron chi connectivity index (χ1n) is 8.32. The van der Waals surface area contributed by atoms with E-state index >= 15 is 0 Å². The minimum Gasteiger partial charge on any atom is -0.387 e. The molecule has 0 heterocycles. The zero-order valence-electron chi connectivity index (χ0n) is 13.9. The largest absolute Gasteiger partial charge is 0.387 e. The van der Waals surface area contributed by atoms with E-state index < -0.39 is 6.10 Å². The summed E-state index contributed by atoms with van der Waals surface area (Å²) in [6, 6.07) is 28.7. The summed E-state index contributed by atoms with van der Waals surface area (Å²) in [6.07, 6.45) is -0.525. The van der Waals surface area contributed by atoms with E-state index in [-0.39, 0.29) is 6.04 Å². The highest BCUT2D eigenvalue weighted by molar-refractivity contribution is 5.33. The molecule has 2 heteroatoms. The maximum absolute atomic E-state index is 10.4. The summed E-state index contributed by atoms with van der Waals surface area (Å²) < 4.78 is 0. The van der Waals surface area contributed by atoms with Crippen LogP contribution in [0.2, 0.25) is 0 Å². The normalized spacial score (nSPS) is 13.4. The van der Waals surface area contributed by atoms with Crippen LogP contribution in [0.25, 0.3) is 0 Å². The molecule has 122 valence electrons. The van der Waals surface area contributed by atoms with Crippen LogP contribution in [0.1, 0.15) is 34.4 Å². The molecule has 3 aromatic carbocycles. The third kappa shape index (κ3) is 4.10. The van der Waals surface area contributed by atoms with Crippen molar-refractivity contribution in [3.8, 4) is 0 Å². The minimum atomic E-state index is -0.525. The molecule has 2 atom stereocenters. The van der Waals surface area contributed by atoms with E-state index in [2.05, 4.69) is 48.6 Å². The molecule has 0 aromatic heterocycles. The van der Waals surface area contributed by atoms with Gasteiger partial charge in [0, 0.05) is 6.54 Å². The second kappa shape index (κ2) is 7.91. The standard InChI is InChI=1S/C22H23NO/c1-17-12-14-20(15-13-17)22(19-10-6-3-7-11-19)23-16-21(24)18-8-4-2-5-9-18/h2-15,21-24H,16H2,1H3. The summed E-state index contributed by atoms with van der Waals surface area (Å²) in [5, 5.41) is 14.0. The van der Waals surface area contributed by atoms with E-state index in [9.17, 15) is 5.11 Å². The van der Waals surface area contributed by atoms with Crippen LogP contribution in [0.3, 0.4) is 0 Å². The van der Waals surface area contributed by atoms with Crippen molar-refractivity contribution in [2.45, 2.75) is 19.1 Å². The van der Waals surface area contributed by atoms with Gasteiger partial charge in [0.25, 0.3) is 0 Å². The van der Waals surface area contributed by atoms with E-state index in [1.165, 1.54) is 16.7 Å². The third-order valence-electron chi connectivity index (χ3n) is 4.24. The Balaban J connectivity index is 1.79. The smallest absolute Gasteiger partial charge is 0.0914 e. The van der Waals surface area contributed by atoms with Gasteiger partial charge in [0.1, 0.15) is 0 Å². The van der Waals surface area contributed by atoms with Gasteiger partial charge < -0.3 is 10.4 Å². The Morgan fingerprint density at radius 2 is 1.21 bits per heavy atom. The van der Waals surface area contributed by atoms with Crippen molar-refractivity contribution in [2.24, 2.45) is 0 Å². The average Bonchev–Trinajstić information content (AvgIpc) is 2.65. The zero-order chi connectivity index (χ0) is 16.8. The van der Waals surface area contributed by atoms with Crippen molar-refractivity contribution in [2.75, 3.05) is 6.54 Å². The molecule has 0 bridgehead atoms. The van der Waals surface area contributed by atoms with Crippen molar-refractivity contribution < 1.29 is 5.11 Å². The van der Waals surface area contributed by atoms with Crippen LogP contribution in [-0.2, 0) is 0 Å². The van der Waals surface area contributed by atoms with Crippen LogP contribution in [0.5, 0.6) is 0 Å². The van der Waals surface area contributed by atoms with Gasteiger partial charge in [0.05, 0.1) is 12.1 Å². The zero-order valence-corrected chi connectivity index (χ0v) is 13.9. The number of aryl methyl sites for hydroxylation is 1. The Morgan fingerprint density at radius 3 is 1.79 bits per heavy atom. The van der Waals surface area contributed by atoms with Crippen molar-refractivity contribution >= 4 is 0 Å². The van der Waals surface area contributed by atoms with E-state index in [4.69, 9.17) is 0 Å². The summed E-state index contributed by atoms with van der Waals surface area (Å²) >= 11 is 0. The predicted molar refractivity (Wildman–Crippen MR) is 98.9 cm³/mol. The van der Waals surface area contributed by atoms with Crippen molar-refractivity contribution in [1.29, 1.82) is 0 Å². The van der Waals surface area contributed by atoms with Gasteiger partial charge in [-0.05, 0) is 23.6 Å². The minimum absolute atomic E-state index is 0.0603.